The summed E-state index contributed by atoms with van der Waals surface area (Å²) >= 11 is 0. The molecule has 7 nitrogen and oxygen atoms in total. The van der Waals surface area contributed by atoms with Crippen molar-refractivity contribution in [1.82, 2.24) is 14.9 Å². The minimum atomic E-state index is -0.385. The summed E-state index contributed by atoms with van der Waals surface area (Å²) in [6.07, 6.45) is 4.13. The molecule has 0 radical (unpaired) electrons. The number of nitrogens with one attached hydrogen (secondary N) is 1. The van der Waals surface area contributed by atoms with Crippen molar-refractivity contribution in [1.29, 1.82) is 0 Å². The number of carbonyl (C=O) groups is 1. The highest BCUT2D eigenvalue weighted by Gasteiger charge is 2.25. The fourth-order valence-electron chi connectivity index (χ4n) is 2.70. The van der Waals surface area contributed by atoms with Gasteiger partial charge in [0, 0.05) is 44.5 Å². The van der Waals surface area contributed by atoms with E-state index >= 15 is 0 Å². The van der Waals surface area contributed by atoms with Crippen molar-refractivity contribution < 1.29 is 13.9 Å². The van der Waals surface area contributed by atoms with E-state index in [0.717, 1.165) is 6.20 Å². The Morgan fingerprint density at radius 2 is 2.00 bits per heavy atom. The van der Waals surface area contributed by atoms with Gasteiger partial charge in [-0.25, -0.2) is 4.39 Å². The number of aromatic nitrogens is 2. The van der Waals surface area contributed by atoms with Gasteiger partial charge in [-0.05, 0) is 0 Å². The van der Waals surface area contributed by atoms with Crippen molar-refractivity contribution >= 4 is 11.6 Å². The summed E-state index contributed by atoms with van der Waals surface area (Å²) in [6.45, 7) is 2.11. The highest BCUT2D eigenvalue weighted by atomic mass is 19.1. The number of amides is 1. The van der Waals surface area contributed by atoms with Crippen LogP contribution in [0.25, 0.3) is 0 Å². The van der Waals surface area contributed by atoms with Crippen LogP contribution in [0.5, 0.6) is 5.75 Å². The topological polar surface area (TPSA) is 78.5 Å². The van der Waals surface area contributed by atoms with Crippen molar-refractivity contribution in [3.63, 3.8) is 0 Å². The van der Waals surface area contributed by atoms with E-state index in [-0.39, 0.29) is 23.0 Å². The van der Waals surface area contributed by atoms with Crippen LogP contribution in [0.15, 0.2) is 35.5 Å². The van der Waals surface area contributed by atoms with E-state index in [0.29, 0.717) is 37.4 Å². The lowest BCUT2D eigenvalue weighted by Crippen LogP contribution is -2.49. The molecule has 8 heteroatoms. The Kier molecular flexibility index (Phi) is 4.45. The summed E-state index contributed by atoms with van der Waals surface area (Å²) in [5, 5.41) is 0. The van der Waals surface area contributed by atoms with E-state index in [1.54, 1.807) is 11.1 Å². The average molecular weight is 332 g/mol. The van der Waals surface area contributed by atoms with Gasteiger partial charge < -0.3 is 19.5 Å². The van der Waals surface area contributed by atoms with E-state index in [4.69, 9.17) is 4.74 Å². The molecule has 2 aromatic rings. The molecular formula is C16H17FN4O3. The van der Waals surface area contributed by atoms with Gasteiger partial charge in [-0.15, -0.1) is 0 Å². The van der Waals surface area contributed by atoms with Crippen LogP contribution < -0.4 is 15.2 Å². The Bertz CT molecular complexity index is 800. The number of methoxy groups -OCH3 is 1. The number of hydrogen-bond donors (Lipinski definition) is 1. The van der Waals surface area contributed by atoms with Crippen molar-refractivity contribution in [2.24, 2.45) is 0 Å². The number of pyridine rings is 2. The second-order valence-electron chi connectivity index (χ2n) is 5.42. The maximum absolute atomic E-state index is 13.3. The van der Waals surface area contributed by atoms with E-state index in [1.165, 1.54) is 25.4 Å². The standard InChI is InChI=1S/C16H17FN4O3/c1-24-14-7-15(22)19-10-13(14)16(23)21-4-2-20(3-5-21)12-6-11(17)8-18-9-12/h6-10H,2-5H2,1H3,(H,19,22). The summed E-state index contributed by atoms with van der Waals surface area (Å²) in [6, 6.07) is 2.68. The summed E-state index contributed by atoms with van der Waals surface area (Å²) in [7, 11) is 1.42. The monoisotopic (exact) mass is 332 g/mol. The van der Waals surface area contributed by atoms with Crippen molar-refractivity contribution in [2.45, 2.75) is 0 Å². The SMILES string of the molecule is COc1cc(=O)[nH]cc1C(=O)N1CCN(c2cncc(F)c2)CC1. The number of halogens is 1. The molecule has 1 aliphatic rings. The number of hydrogen-bond acceptors (Lipinski definition) is 5. The number of aromatic amines is 1. The van der Waals surface area contributed by atoms with Gasteiger partial charge >= 0.3 is 0 Å². The predicted molar refractivity (Wildman–Crippen MR) is 85.9 cm³/mol. The van der Waals surface area contributed by atoms with Crippen LogP contribution in [0.2, 0.25) is 0 Å². The molecule has 3 rings (SSSR count). The van der Waals surface area contributed by atoms with Crippen LogP contribution in [-0.4, -0.2) is 54.1 Å². The van der Waals surface area contributed by atoms with E-state index < -0.39 is 0 Å². The number of rotatable bonds is 3. The molecule has 1 aliphatic heterocycles. The molecule has 1 fully saturated rings. The average Bonchev–Trinajstić information content (AvgIpc) is 2.61. The third-order valence-electron chi connectivity index (χ3n) is 3.96. The van der Waals surface area contributed by atoms with Gasteiger partial charge in [0.1, 0.15) is 11.6 Å². The zero-order valence-electron chi connectivity index (χ0n) is 13.2. The molecule has 3 heterocycles. The molecule has 0 unspecified atom stereocenters. The molecule has 24 heavy (non-hydrogen) atoms. The highest BCUT2D eigenvalue weighted by Crippen LogP contribution is 2.20. The van der Waals surface area contributed by atoms with Gasteiger partial charge in [0.15, 0.2) is 0 Å². The largest absolute Gasteiger partial charge is 0.496 e. The zero-order chi connectivity index (χ0) is 17.1. The second kappa shape index (κ2) is 6.69. The second-order valence-corrected chi connectivity index (χ2v) is 5.42. The lowest BCUT2D eigenvalue weighted by Gasteiger charge is -2.36. The van der Waals surface area contributed by atoms with Crippen molar-refractivity contribution in [3.8, 4) is 5.75 Å². The predicted octanol–water partition coefficient (Wildman–Crippen LogP) is 0.880. The van der Waals surface area contributed by atoms with Crippen LogP contribution in [0, 0.1) is 5.82 Å². The van der Waals surface area contributed by atoms with Crippen LogP contribution >= 0.6 is 0 Å². The lowest BCUT2D eigenvalue weighted by molar-refractivity contribution is 0.0743. The third-order valence-corrected chi connectivity index (χ3v) is 3.96. The number of anilines is 1. The highest BCUT2D eigenvalue weighted by molar-refractivity contribution is 5.96. The molecule has 1 saturated heterocycles. The molecule has 0 aromatic carbocycles. The lowest BCUT2D eigenvalue weighted by atomic mass is 10.2. The molecule has 1 N–H and O–H groups in total. The third kappa shape index (κ3) is 3.22. The fraction of sp³-hybridized carbons (Fsp3) is 0.312. The van der Waals surface area contributed by atoms with E-state index in [2.05, 4.69) is 9.97 Å². The summed E-state index contributed by atoms with van der Waals surface area (Å²) < 4.78 is 18.4. The molecule has 0 spiro atoms. The minimum absolute atomic E-state index is 0.208. The first kappa shape index (κ1) is 16.0. The summed E-state index contributed by atoms with van der Waals surface area (Å²) in [5.41, 5.74) is 0.688. The van der Waals surface area contributed by atoms with Crippen LogP contribution in [0.4, 0.5) is 10.1 Å². The normalized spacial score (nSPS) is 14.6. The first-order chi connectivity index (χ1) is 11.6. The molecular weight excluding hydrogens is 315 g/mol. The van der Waals surface area contributed by atoms with Crippen molar-refractivity contribution in [2.75, 3.05) is 38.2 Å². The Labute approximate surface area is 137 Å². The van der Waals surface area contributed by atoms with Gasteiger partial charge in [0.25, 0.3) is 11.5 Å². The molecule has 0 saturated carbocycles. The van der Waals surface area contributed by atoms with Gasteiger partial charge in [0.05, 0.1) is 30.8 Å². The number of nitrogens with zero attached hydrogens (tertiary/aromatic N) is 3. The molecule has 0 aliphatic carbocycles. The fourth-order valence-corrected chi connectivity index (χ4v) is 2.70. The molecule has 0 atom stereocenters. The summed E-state index contributed by atoms with van der Waals surface area (Å²) in [5.74, 6) is -0.343. The van der Waals surface area contributed by atoms with E-state index in [1.807, 2.05) is 4.90 Å². The summed E-state index contributed by atoms with van der Waals surface area (Å²) in [4.78, 5) is 33.9. The van der Waals surface area contributed by atoms with Gasteiger partial charge in [0.2, 0.25) is 0 Å². The first-order valence-corrected chi connectivity index (χ1v) is 7.50. The zero-order valence-corrected chi connectivity index (χ0v) is 13.2. The van der Waals surface area contributed by atoms with Crippen LogP contribution in [0.3, 0.4) is 0 Å². The quantitative estimate of drug-likeness (QED) is 0.903. The van der Waals surface area contributed by atoms with Crippen LogP contribution in [0.1, 0.15) is 10.4 Å². The van der Waals surface area contributed by atoms with Gasteiger partial charge in [-0.2, -0.15) is 0 Å². The smallest absolute Gasteiger partial charge is 0.259 e. The number of carbonyl (C=O) groups excluding carboxylic acids is 1. The maximum Gasteiger partial charge on any atom is 0.259 e. The molecule has 2 aromatic heterocycles. The first-order valence-electron chi connectivity index (χ1n) is 7.50. The number of ether oxygens (including phenoxy) is 1. The molecule has 126 valence electrons. The van der Waals surface area contributed by atoms with Crippen LogP contribution in [-0.2, 0) is 0 Å². The van der Waals surface area contributed by atoms with Gasteiger partial charge in [-0.1, -0.05) is 0 Å². The molecule has 1 amide bonds. The Hall–Kier alpha value is -2.90. The minimum Gasteiger partial charge on any atom is -0.496 e. The van der Waals surface area contributed by atoms with Crippen molar-refractivity contribution in [3.05, 3.63) is 52.5 Å². The number of piperazine rings is 1. The number of H-pyrrole nitrogens is 1. The Morgan fingerprint density at radius 1 is 1.25 bits per heavy atom. The Morgan fingerprint density at radius 3 is 2.67 bits per heavy atom. The molecule has 0 bridgehead atoms. The van der Waals surface area contributed by atoms with Gasteiger partial charge in [-0.3, -0.25) is 14.6 Å². The maximum atomic E-state index is 13.3. The van der Waals surface area contributed by atoms with E-state index in [9.17, 15) is 14.0 Å². The Balaban J connectivity index is 1.70.